The van der Waals surface area contributed by atoms with Gasteiger partial charge in [0.2, 0.25) is 11.7 Å². The third-order valence-electron chi connectivity index (χ3n) is 5.06. The largest absolute Gasteiger partial charge is 0.493 e. The Morgan fingerprint density at radius 1 is 1.21 bits per heavy atom. The average Bonchev–Trinajstić information content (AvgIpc) is 3.40. The van der Waals surface area contributed by atoms with E-state index in [9.17, 15) is 27.9 Å². The van der Waals surface area contributed by atoms with Crippen LogP contribution >= 0.6 is 11.8 Å². The molecule has 8 nitrogen and oxygen atoms in total. The van der Waals surface area contributed by atoms with Crippen molar-refractivity contribution in [1.82, 2.24) is 14.1 Å². The van der Waals surface area contributed by atoms with Gasteiger partial charge in [0.25, 0.3) is 0 Å². The van der Waals surface area contributed by atoms with Crippen molar-refractivity contribution < 1.29 is 27.5 Å². The maximum atomic E-state index is 13.2. The van der Waals surface area contributed by atoms with Crippen LogP contribution in [0.15, 0.2) is 75.2 Å². The van der Waals surface area contributed by atoms with E-state index in [1.165, 1.54) is 62.0 Å². The highest BCUT2D eigenvalue weighted by atomic mass is 32.2. The summed E-state index contributed by atoms with van der Waals surface area (Å²) in [5, 5.41) is 10.6. The molecule has 1 unspecified atom stereocenters. The van der Waals surface area contributed by atoms with Crippen molar-refractivity contribution in [2.75, 3.05) is 0 Å². The number of furan rings is 1. The maximum Gasteiger partial charge on any atom is 0.446 e. The lowest BCUT2D eigenvalue weighted by atomic mass is 10.0. The third kappa shape index (κ3) is 4.37. The van der Waals surface area contributed by atoms with Crippen LogP contribution in [0, 0.1) is 6.92 Å². The van der Waals surface area contributed by atoms with Gasteiger partial charge >= 0.3 is 11.2 Å². The van der Waals surface area contributed by atoms with Crippen LogP contribution in [0.2, 0.25) is 0 Å². The van der Waals surface area contributed by atoms with Crippen molar-refractivity contribution in [2.24, 2.45) is 5.73 Å². The number of ketones is 1. The van der Waals surface area contributed by atoms with Gasteiger partial charge in [-0.3, -0.25) is 14.3 Å². The highest BCUT2D eigenvalue weighted by molar-refractivity contribution is 8.00. The summed E-state index contributed by atoms with van der Waals surface area (Å²) in [6, 6.07) is 9.44. The Bertz CT molecular complexity index is 1390. The predicted molar refractivity (Wildman–Crippen MR) is 117 cm³/mol. The Morgan fingerprint density at radius 3 is 2.53 bits per heavy atom. The fourth-order valence-electron chi connectivity index (χ4n) is 3.50. The number of pyridine rings is 1. The van der Waals surface area contributed by atoms with Gasteiger partial charge in [-0.05, 0) is 61.2 Å². The second-order valence-corrected chi connectivity index (χ2v) is 8.29. The molecule has 1 atom stereocenters. The van der Waals surface area contributed by atoms with Gasteiger partial charge in [0, 0.05) is 22.9 Å². The average molecular weight is 490 g/mol. The molecule has 1 aromatic carbocycles. The molecule has 3 aromatic heterocycles. The van der Waals surface area contributed by atoms with Gasteiger partial charge < -0.3 is 15.3 Å². The number of aromatic nitrogens is 3. The monoisotopic (exact) mass is 490 g/mol. The van der Waals surface area contributed by atoms with Crippen LogP contribution in [0.25, 0.3) is 5.69 Å². The Balaban J connectivity index is 1.75. The molecule has 12 heteroatoms. The molecular formula is C22H17F3N4O4S. The summed E-state index contributed by atoms with van der Waals surface area (Å²) in [5.74, 6) is -0.872. The zero-order valence-corrected chi connectivity index (χ0v) is 18.3. The predicted octanol–water partition coefficient (Wildman–Crippen LogP) is 3.99. The molecule has 0 radical (unpaired) electrons. The summed E-state index contributed by atoms with van der Waals surface area (Å²) in [5.41, 5.74) is 1.77. The number of nitrogens with zero attached hydrogens (tertiary/aromatic N) is 3. The summed E-state index contributed by atoms with van der Waals surface area (Å²) in [7, 11) is 0. The minimum atomic E-state index is -4.46. The third-order valence-corrected chi connectivity index (χ3v) is 5.80. The van der Waals surface area contributed by atoms with Crippen molar-refractivity contribution in [3.63, 3.8) is 0 Å². The first-order valence-electron chi connectivity index (χ1n) is 9.75. The smallest absolute Gasteiger partial charge is 0.446 e. The number of hydrogen-bond acceptors (Lipinski definition) is 7. The number of alkyl halides is 3. The summed E-state index contributed by atoms with van der Waals surface area (Å²) < 4.78 is 44.9. The number of rotatable bonds is 6. The molecule has 3 heterocycles. The van der Waals surface area contributed by atoms with Crippen LogP contribution in [0.5, 0.6) is 5.88 Å². The Kier molecular flexibility index (Phi) is 6.11. The van der Waals surface area contributed by atoms with Crippen LogP contribution in [0.4, 0.5) is 13.2 Å². The van der Waals surface area contributed by atoms with Crippen molar-refractivity contribution in [3.8, 4) is 11.6 Å². The van der Waals surface area contributed by atoms with Gasteiger partial charge in [0.15, 0.2) is 5.76 Å². The molecule has 0 amide bonds. The van der Waals surface area contributed by atoms with E-state index in [1.54, 1.807) is 6.07 Å². The van der Waals surface area contributed by atoms with Crippen LogP contribution in [-0.4, -0.2) is 30.5 Å². The number of nitrogens with two attached hydrogens (primary N) is 1. The van der Waals surface area contributed by atoms with Crippen molar-refractivity contribution in [2.45, 2.75) is 23.5 Å². The Morgan fingerprint density at radius 2 is 1.91 bits per heavy atom. The molecular weight excluding hydrogens is 473 g/mol. The van der Waals surface area contributed by atoms with E-state index in [4.69, 9.17) is 10.2 Å². The van der Waals surface area contributed by atoms with E-state index in [0.29, 0.717) is 0 Å². The van der Waals surface area contributed by atoms with E-state index in [0.717, 1.165) is 9.13 Å². The fourth-order valence-corrected chi connectivity index (χ4v) is 4.04. The highest BCUT2D eigenvalue weighted by Crippen LogP contribution is 2.37. The fraction of sp³-hybridized carbons (Fsp3) is 0.136. The first-order chi connectivity index (χ1) is 16.1. The van der Waals surface area contributed by atoms with Gasteiger partial charge in [-0.15, -0.1) is 0 Å². The number of hydrogen-bond donors (Lipinski definition) is 2. The van der Waals surface area contributed by atoms with Crippen LogP contribution in [-0.2, 0) is 0 Å². The lowest BCUT2D eigenvalue weighted by Crippen LogP contribution is -2.33. The topological polar surface area (TPSA) is 116 Å². The van der Waals surface area contributed by atoms with Gasteiger partial charge in [0.1, 0.15) is 6.17 Å². The minimum absolute atomic E-state index is 0.0581. The molecule has 34 heavy (non-hydrogen) atoms. The van der Waals surface area contributed by atoms with E-state index in [1.807, 2.05) is 0 Å². The molecule has 176 valence electrons. The van der Waals surface area contributed by atoms with Crippen LogP contribution in [0.1, 0.15) is 33.5 Å². The lowest BCUT2D eigenvalue weighted by molar-refractivity contribution is -0.0328. The van der Waals surface area contributed by atoms with E-state index < -0.39 is 29.0 Å². The van der Waals surface area contributed by atoms with Gasteiger partial charge in [-0.1, -0.05) is 0 Å². The number of carbonyl (C=O) groups is 1. The van der Waals surface area contributed by atoms with Crippen molar-refractivity contribution in [1.29, 1.82) is 0 Å². The second-order valence-electron chi connectivity index (χ2n) is 7.15. The SMILES string of the molecule is Cc1c(O)n(-c2ccc(SC(F)(F)F)cc2)c(=O)n1C(N)c1ccncc1C(=O)c1ccco1. The molecule has 0 bridgehead atoms. The van der Waals surface area contributed by atoms with Crippen molar-refractivity contribution in [3.05, 3.63) is 94.2 Å². The van der Waals surface area contributed by atoms with E-state index >= 15 is 0 Å². The quantitative estimate of drug-likeness (QED) is 0.310. The van der Waals surface area contributed by atoms with Gasteiger partial charge in [0.05, 0.1) is 23.2 Å². The van der Waals surface area contributed by atoms with Crippen LogP contribution < -0.4 is 11.4 Å². The first-order valence-corrected chi connectivity index (χ1v) is 10.6. The van der Waals surface area contributed by atoms with E-state index in [-0.39, 0.29) is 44.9 Å². The molecule has 3 N–H and O–H groups in total. The number of thioether (sulfide) groups is 1. The molecule has 0 spiro atoms. The summed E-state index contributed by atoms with van der Waals surface area (Å²) in [6.45, 7) is 1.45. The van der Waals surface area contributed by atoms with Gasteiger partial charge in [-0.25, -0.2) is 9.36 Å². The molecule has 0 saturated carbocycles. The zero-order chi connectivity index (χ0) is 24.6. The number of aromatic hydroxyl groups is 1. The summed E-state index contributed by atoms with van der Waals surface area (Å²) >= 11 is -0.294. The molecule has 0 aliphatic rings. The summed E-state index contributed by atoms with van der Waals surface area (Å²) in [4.78, 5) is 30.0. The normalized spacial score (nSPS) is 12.6. The number of benzene rings is 1. The first kappa shape index (κ1) is 23.4. The number of halogens is 3. The maximum absolute atomic E-state index is 13.2. The van der Waals surface area contributed by atoms with Crippen LogP contribution in [0.3, 0.4) is 0 Å². The lowest BCUT2D eigenvalue weighted by Gasteiger charge is -2.17. The molecule has 0 aliphatic carbocycles. The summed E-state index contributed by atoms with van der Waals surface area (Å²) in [6.07, 6.45) is 2.86. The highest BCUT2D eigenvalue weighted by Gasteiger charge is 2.30. The molecule has 4 rings (SSSR count). The minimum Gasteiger partial charge on any atom is -0.493 e. The molecule has 0 saturated heterocycles. The number of imidazole rings is 1. The zero-order valence-electron chi connectivity index (χ0n) is 17.5. The molecule has 0 aliphatic heterocycles. The molecule has 4 aromatic rings. The van der Waals surface area contributed by atoms with Gasteiger partial charge in [-0.2, -0.15) is 13.2 Å². The van der Waals surface area contributed by atoms with E-state index in [2.05, 4.69) is 4.98 Å². The number of carbonyl (C=O) groups excluding carboxylic acids is 1. The van der Waals surface area contributed by atoms with Crippen molar-refractivity contribution >= 4 is 17.5 Å². The Hall–Kier alpha value is -3.77. The molecule has 0 fully saturated rings. The second kappa shape index (κ2) is 8.88. The Labute approximate surface area is 194 Å². The standard InChI is InChI=1S/C22H17F3N4O4S/c1-12-20(31)29(13-4-6-14(7-5-13)34-22(23,24)25)21(32)28(12)19(26)15-8-9-27-11-16(15)18(30)17-3-2-10-33-17/h2-11,19,31H,26H2,1H3.